The van der Waals surface area contributed by atoms with Crippen LogP contribution >= 0.6 is 11.6 Å². The molecule has 0 bridgehead atoms. The van der Waals surface area contributed by atoms with E-state index in [1.54, 1.807) is 31.3 Å². The topological polar surface area (TPSA) is 67.2 Å². The van der Waals surface area contributed by atoms with E-state index in [9.17, 15) is 9.59 Å². The van der Waals surface area contributed by atoms with Crippen molar-refractivity contribution >= 4 is 29.1 Å². The van der Waals surface area contributed by atoms with Crippen molar-refractivity contribution < 1.29 is 9.59 Å². The monoisotopic (exact) mass is 390 g/mol. The Labute approximate surface area is 165 Å². The number of likely N-dealkylation sites (N-methyl/N-ethyl adjacent to an activating group) is 1. The smallest absolute Gasteiger partial charge is 0.243 e. The number of benzene rings is 1. The minimum Gasteiger partial charge on any atom is -0.336 e. The van der Waals surface area contributed by atoms with Gasteiger partial charge in [-0.2, -0.15) is 5.10 Å². The van der Waals surface area contributed by atoms with Crippen LogP contribution in [-0.4, -0.2) is 40.1 Å². The van der Waals surface area contributed by atoms with Crippen LogP contribution in [0.2, 0.25) is 5.02 Å². The van der Waals surface area contributed by atoms with E-state index in [0.29, 0.717) is 16.6 Å². The van der Waals surface area contributed by atoms with Gasteiger partial charge in [-0.1, -0.05) is 25.4 Å². The molecule has 7 heteroatoms. The molecule has 0 spiro atoms. The molecular weight excluding hydrogens is 364 g/mol. The van der Waals surface area contributed by atoms with Gasteiger partial charge in [-0.3, -0.25) is 14.3 Å². The predicted octanol–water partition coefficient (Wildman–Crippen LogP) is 3.45. The van der Waals surface area contributed by atoms with Crippen LogP contribution in [0, 0.1) is 19.8 Å². The molecular formula is C20H27ClN4O2. The number of aryl methyl sites for hydroxylation is 1. The summed E-state index contributed by atoms with van der Waals surface area (Å²) in [6.07, 6.45) is 0.237. The number of halogens is 1. The predicted molar refractivity (Wildman–Crippen MR) is 108 cm³/mol. The molecule has 2 amide bonds. The maximum atomic E-state index is 12.6. The number of amides is 2. The molecule has 0 aliphatic carbocycles. The van der Waals surface area contributed by atoms with Gasteiger partial charge in [0, 0.05) is 35.6 Å². The van der Waals surface area contributed by atoms with Gasteiger partial charge < -0.3 is 10.2 Å². The molecule has 0 atom stereocenters. The summed E-state index contributed by atoms with van der Waals surface area (Å²) in [7, 11) is 1.63. The zero-order valence-corrected chi connectivity index (χ0v) is 17.3. The minimum atomic E-state index is -0.253. The molecule has 1 aromatic heterocycles. The fourth-order valence-electron chi connectivity index (χ4n) is 2.84. The molecule has 0 fully saturated rings. The van der Waals surface area contributed by atoms with Gasteiger partial charge in [0.1, 0.15) is 0 Å². The van der Waals surface area contributed by atoms with Gasteiger partial charge in [-0.05, 0) is 44.0 Å². The molecule has 146 valence electrons. The lowest BCUT2D eigenvalue weighted by Gasteiger charge is -2.17. The van der Waals surface area contributed by atoms with Crippen LogP contribution in [0.1, 0.15) is 30.8 Å². The van der Waals surface area contributed by atoms with E-state index in [1.165, 1.54) is 4.90 Å². The Morgan fingerprint density at radius 1 is 1.22 bits per heavy atom. The highest BCUT2D eigenvalue weighted by Gasteiger charge is 2.19. The van der Waals surface area contributed by atoms with E-state index < -0.39 is 0 Å². The third kappa shape index (κ3) is 5.82. The van der Waals surface area contributed by atoms with E-state index in [0.717, 1.165) is 23.5 Å². The summed E-state index contributed by atoms with van der Waals surface area (Å²) in [5, 5.41) is 7.90. The zero-order valence-electron chi connectivity index (χ0n) is 16.5. The molecule has 0 aliphatic rings. The van der Waals surface area contributed by atoms with Gasteiger partial charge in [-0.25, -0.2) is 0 Å². The molecule has 27 heavy (non-hydrogen) atoms. The normalized spacial score (nSPS) is 10.9. The second-order valence-electron chi connectivity index (χ2n) is 7.21. The lowest BCUT2D eigenvalue weighted by Crippen LogP contribution is -2.36. The fourth-order valence-corrected chi connectivity index (χ4v) is 2.96. The van der Waals surface area contributed by atoms with Crippen molar-refractivity contribution in [3.8, 4) is 0 Å². The summed E-state index contributed by atoms with van der Waals surface area (Å²) in [6, 6.07) is 6.84. The quantitative estimate of drug-likeness (QED) is 0.787. The Morgan fingerprint density at radius 3 is 2.44 bits per heavy atom. The first-order valence-corrected chi connectivity index (χ1v) is 9.37. The second kappa shape index (κ2) is 9.04. The van der Waals surface area contributed by atoms with Crippen molar-refractivity contribution in [2.75, 3.05) is 18.9 Å². The first-order valence-electron chi connectivity index (χ1n) is 8.99. The maximum Gasteiger partial charge on any atom is 0.243 e. The largest absolute Gasteiger partial charge is 0.336 e. The number of nitrogens with zero attached hydrogens (tertiary/aromatic N) is 3. The Bertz CT molecular complexity index is 812. The lowest BCUT2D eigenvalue weighted by atomic mass is 10.1. The van der Waals surface area contributed by atoms with Crippen LogP contribution in [0.5, 0.6) is 0 Å². The summed E-state index contributed by atoms with van der Waals surface area (Å²) in [5.41, 5.74) is 3.45. The summed E-state index contributed by atoms with van der Waals surface area (Å²) in [5.74, 6) is 0.111. The van der Waals surface area contributed by atoms with E-state index >= 15 is 0 Å². The van der Waals surface area contributed by atoms with Crippen molar-refractivity contribution in [2.45, 2.75) is 40.7 Å². The van der Waals surface area contributed by atoms with Gasteiger partial charge in [0.15, 0.2) is 0 Å². The van der Waals surface area contributed by atoms with Gasteiger partial charge in [-0.15, -0.1) is 0 Å². The Morgan fingerprint density at radius 2 is 1.85 bits per heavy atom. The minimum absolute atomic E-state index is 0.0142. The molecule has 2 aromatic rings. The average molecular weight is 391 g/mol. The van der Waals surface area contributed by atoms with Crippen molar-refractivity contribution in [1.82, 2.24) is 14.7 Å². The molecule has 1 heterocycles. The zero-order chi connectivity index (χ0) is 20.1. The molecule has 2 rings (SSSR count). The SMILES string of the molecule is Cc1nn(CC(C)C)c(C)c1CC(=O)N(C)CC(=O)Nc1ccc(Cl)cc1. The van der Waals surface area contributed by atoms with Crippen LogP contribution in [0.15, 0.2) is 24.3 Å². The van der Waals surface area contributed by atoms with Crippen LogP contribution in [0.4, 0.5) is 5.69 Å². The third-order valence-electron chi connectivity index (χ3n) is 4.33. The van der Waals surface area contributed by atoms with Gasteiger partial charge in [0.05, 0.1) is 18.7 Å². The van der Waals surface area contributed by atoms with E-state index in [-0.39, 0.29) is 24.8 Å². The van der Waals surface area contributed by atoms with E-state index in [1.807, 2.05) is 18.5 Å². The summed E-state index contributed by atoms with van der Waals surface area (Å²) < 4.78 is 1.95. The molecule has 0 radical (unpaired) electrons. The van der Waals surface area contributed by atoms with Crippen LogP contribution in [-0.2, 0) is 22.6 Å². The highest BCUT2D eigenvalue weighted by atomic mass is 35.5. The Balaban J connectivity index is 1.96. The standard InChI is InChI=1S/C20H27ClN4O2/c1-13(2)11-25-15(4)18(14(3)23-25)10-20(27)24(5)12-19(26)22-17-8-6-16(21)7-9-17/h6-9,13H,10-12H2,1-5H3,(H,22,26). The van der Waals surface area contributed by atoms with E-state index in [4.69, 9.17) is 11.6 Å². The molecule has 0 aliphatic heterocycles. The van der Waals surface area contributed by atoms with Crippen LogP contribution in [0.25, 0.3) is 0 Å². The first kappa shape index (κ1) is 21.0. The average Bonchev–Trinajstić information content (AvgIpc) is 2.83. The van der Waals surface area contributed by atoms with Gasteiger partial charge >= 0.3 is 0 Å². The third-order valence-corrected chi connectivity index (χ3v) is 4.58. The van der Waals surface area contributed by atoms with E-state index in [2.05, 4.69) is 24.3 Å². The number of hydrogen-bond donors (Lipinski definition) is 1. The maximum absolute atomic E-state index is 12.6. The second-order valence-corrected chi connectivity index (χ2v) is 7.64. The molecule has 1 aromatic carbocycles. The highest BCUT2D eigenvalue weighted by molar-refractivity contribution is 6.30. The van der Waals surface area contributed by atoms with Gasteiger partial charge in [0.2, 0.25) is 11.8 Å². The fraction of sp³-hybridized carbons (Fsp3) is 0.450. The summed E-state index contributed by atoms with van der Waals surface area (Å²) in [6.45, 7) is 8.97. The van der Waals surface area contributed by atoms with Crippen LogP contribution in [0.3, 0.4) is 0 Å². The molecule has 0 unspecified atom stereocenters. The number of carbonyl (C=O) groups is 2. The Hall–Kier alpha value is -2.34. The summed E-state index contributed by atoms with van der Waals surface area (Å²) >= 11 is 5.83. The molecule has 0 saturated carbocycles. The van der Waals surface area contributed by atoms with Crippen molar-refractivity contribution in [1.29, 1.82) is 0 Å². The number of nitrogens with one attached hydrogen (secondary N) is 1. The van der Waals surface area contributed by atoms with Crippen LogP contribution < -0.4 is 5.32 Å². The van der Waals surface area contributed by atoms with Crippen molar-refractivity contribution in [3.05, 3.63) is 46.2 Å². The van der Waals surface area contributed by atoms with Crippen molar-refractivity contribution in [2.24, 2.45) is 5.92 Å². The number of rotatable bonds is 7. The number of hydrogen-bond acceptors (Lipinski definition) is 3. The van der Waals surface area contributed by atoms with Crippen molar-refractivity contribution in [3.63, 3.8) is 0 Å². The number of anilines is 1. The first-order chi connectivity index (χ1) is 12.7. The van der Waals surface area contributed by atoms with Gasteiger partial charge in [0.25, 0.3) is 0 Å². The lowest BCUT2D eigenvalue weighted by molar-refractivity contribution is -0.132. The number of carbonyl (C=O) groups excluding carboxylic acids is 2. The highest BCUT2D eigenvalue weighted by Crippen LogP contribution is 2.16. The number of aromatic nitrogens is 2. The summed E-state index contributed by atoms with van der Waals surface area (Å²) in [4.78, 5) is 26.2. The Kier molecular flexibility index (Phi) is 7.02. The molecule has 0 saturated heterocycles. The molecule has 1 N–H and O–H groups in total. The molecule has 6 nitrogen and oxygen atoms in total.